The molecule has 0 bridgehead atoms. The van der Waals surface area contributed by atoms with Gasteiger partial charge in [-0.1, -0.05) is 5.16 Å². The van der Waals surface area contributed by atoms with Crippen molar-refractivity contribution in [3.8, 4) is 0 Å². The normalized spacial score (nSPS) is 21.0. The minimum Gasteiger partial charge on any atom is -0.339 e. The maximum Gasteiger partial charge on any atom is 0.226 e. The number of carbonyl (C=O) groups is 1. The van der Waals surface area contributed by atoms with Crippen LogP contribution in [0, 0.1) is 0 Å². The van der Waals surface area contributed by atoms with Gasteiger partial charge in [-0.05, 0) is 39.2 Å². The minimum atomic E-state index is 0. The molecule has 2 fully saturated rings. The highest BCUT2D eigenvalue weighted by Crippen LogP contribution is 2.38. The lowest BCUT2D eigenvalue weighted by Crippen LogP contribution is -2.40. The van der Waals surface area contributed by atoms with Crippen LogP contribution in [0.4, 0.5) is 0 Å². The van der Waals surface area contributed by atoms with Crippen LogP contribution in [0.2, 0.25) is 0 Å². The van der Waals surface area contributed by atoms with Gasteiger partial charge in [0.25, 0.3) is 0 Å². The first-order valence-corrected chi connectivity index (χ1v) is 8.04. The molecule has 1 amide bonds. The van der Waals surface area contributed by atoms with E-state index in [1.54, 1.807) is 0 Å². The first kappa shape index (κ1) is 17.2. The van der Waals surface area contributed by atoms with Gasteiger partial charge in [0.05, 0.1) is 0 Å². The van der Waals surface area contributed by atoms with Crippen molar-refractivity contribution in [1.29, 1.82) is 0 Å². The fraction of sp³-hybridized carbons (Fsp3) is 0.800. The molecule has 1 aromatic rings. The zero-order chi connectivity index (χ0) is 14.7. The van der Waals surface area contributed by atoms with Crippen LogP contribution in [0.3, 0.4) is 0 Å². The Morgan fingerprint density at radius 1 is 1.41 bits per heavy atom. The molecule has 1 saturated heterocycles. The van der Waals surface area contributed by atoms with Crippen molar-refractivity contribution in [2.24, 2.45) is 0 Å². The molecule has 2 aliphatic rings. The monoisotopic (exact) mass is 328 g/mol. The average Bonchev–Trinajstić information content (AvgIpc) is 3.04. The van der Waals surface area contributed by atoms with Gasteiger partial charge in [0.1, 0.15) is 0 Å². The van der Waals surface area contributed by atoms with Gasteiger partial charge in [-0.2, -0.15) is 4.98 Å². The smallest absolute Gasteiger partial charge is 0.226 e. The van der Waals surface area contributed by atoms with Gasteiger partial charge >= 0.3 is 0 Å². The van der Waals surface area contributed by atoms with E-state index in [9.17, 15) is 4.79 Å². The molecule has 6 nitrogen and oxygen atoms in total. The van der Waals surface area contributed by atoms with Gasteiger partial charge in [0.15, 0.2) is 5.82 Å². The number of halogens is 1. The molecular formula is C15H25ClN4O2. The van der Waals surface area contributed by atoms with E-state index in [0.717, 1.165) is 38.2 Å². The third kappa shape index (κ3) is 4.20. The summed E-state index contributed by atoms with van der Waals surface area (Å²) in [4.78, 5) is 18.7. The van der Waals surface area contributed by atoms with Crippen LogP contribution in [-0.4, -0.2) is 47.1 Å². The molecule has 1 aliphatic heterocycles. The Morgan fingerprint density at radius 2 is 2.23 bits per heavy atom. The largest absolute Gasteiger partial charge is 0.339 e. The number of nitrogens with one attached hydrogen (secondary N) is 1. The van der Waals surface area contributed by atoms with Gasteiger partial charge in [0.2, 0.25) is 11.8 Å². The van der Waals surface area contributed by atoms with Gasteiger partial charge in [-0.15, -0.1) is 12.4 Å². The molecule has 0 radical (unpaired) electrons. The van der Waals surface area contributed by atoms with Crippen LogP contribution >= 0.6 is 12.4 Å². The van der Waals surface area contributed by atoms with E-state index < -0.39 is 0 Å². The molecule has 1 atom stereocenters. The van der Waals surface area contributed by atoms with Crippen molar-refractivity contribution < 1.29 is 9.32 Å². The summed E-state index contributed by atoms with van der Waals surface area (Å²) in [6, 6.07) is 0.368. The number of hydrogen-bond donors (Lipinski definition) is 1. The Bertz CT molecular complexity index is 490. The first-order valence-electron chi connectivity index (χ1n) is 8.04. The summed E-state index contributed by atoms with van der Waals surface area (Å²) in [5.74, 6) is 2.31. The number of amides is 1. The van der Waals surface area contributed by atoms with Crippen LogP contribution < -0.4 is 5.32 Å². The van der Waals surface area contributed by atoms with Crippen molar-refractivity contribution in [2.45, 2.75) is 56.9 Å². The number of carbonyl (C=O) groups excluding carboxylic acids is 1. The molecule has 3 rings (SSSR count). The molecule has 7 heteroatoms. The molecule has 1 aromatic heterocycles. The summed E-state index contributed by atoms with van der Waals surface area (Å²) < 4.78 is 5.24. The van der Waals surface area contributed by atoms with Crippen molar-refractivity contribution >= 4 is 18.3 Å². The summed E-state index contributed by atoms with van der Waals surface area (Å²) >= 11 is 0. The highest BCUT2D eigenvalue weighted by molar-refractivity contribution is 5.85. The fourth-order valence-corrected chi connectivity index (χ4v) is 3.02. The number of rotatable bonds is 7. The lowest BCUT2D eigenvalue weighted by atomic mass is 10.2. The van der Waals surface area contributed by atoms with E-state index in [4.69, 9.17) is 4.52 Å². The van der Waals surface area contributed by atoms with E-state index in [0.29, 0.717) is 30.7 Å². The summed E-state index contributed by atoms with van der Waals surface area (Å²) in [5, 5.41) is 7.17. The zero-order valence-electron chi connectivity index (χ0n) is 13.1. The van der Waals surface area contributed by atoms with Gasteiger partial charge in [-0.25, -0.2) is 0 Å². The molecule has 1 aliphatic carbocycles. The van der Waals surface area contributed by atoms with E-state index in [1.807, 2.05) is 11.9 Å². The Kier molecular flexibility index (Phi) is 6.20. The maximum absolute atomic E-state index is 12.3. The van der Waals surface area contributed by atoms with Crippen LogP contribution in [0.25, 0.3) is 0 Å². The molecular weight excluding hydrogens is 304 g/mol. The van der Waals surface area contributed by atoms with Crippen LogP contribution in [0.15, 0.2) is 4.52 Å². The van der Waals surface area contributed by atoms with E-state index in [-0.39, 0.29) is 18.3 Å². The first-order chi connectivity index (χ1) is 10.3. The predicted octanol–water partition coefficient (Wildman–Crippen LogP) is 1.90. The Labute approximate surface area is 137 Å². The Morgan fingerprint density at radius 3 is 2.95 bits per heavy atom. The van der Waals surface area contributed by atoms with E-state index >= 15 is 0 Å². The van der Waals surface area contributed by atoms with Gasteiger partial charge in [-0.3, -0.25) is 4.79 Å². The second kappa shape index (κ2) is 7.92. The molecule has 2 heterocycles. The molecule has 124 valence electrons. The number of aryl methyl sites for hydroxylation is 1. The van der Waals surface area contributed by atoms with Crippen molar-refractivity contribution in [3.63, 3.8) is 0 Å². The molecule has 0 spiro atoms. The highest BCUT2D eigenvalue weighted by Gasteiger charge is 2.29. The highest BCUT2D eigenvalue weighted by atomic mass is 35.5. The number of aromatic nitrogens is 2. The third-order valence-electron chi connectivity index (χ3n) is 4.34. The zero-order valence-corrected chi connectivity index (χ0v) is 13.9. The van der Waals surface area contributed by atoms with Crippen molar-refractivity contribution in [2.75, 3.05) is 20.1 Å². The van der Waals surface area contributed by atoms with Crippen LogP contribution in [0.1, 0.15) is 56.2 Å². The van der Waals surface area contributed by atoms with Crippen molar-refractivity contribution in [1.82, 2.24) is 20.4 Å². The maximum atomic E-state index is 12.3. The summed E-state index contributed by atoms with van der Waals surface area (Å²) in [5.41, 5.74) is 0. The van der Waals surface area contributed by atoms with Gasteiger partial charge < -0.3 is 14.7 Å². The predicted molar refractivity (Wildman–Crippen MR) is 85.1 cm³/mol. The second-order valence-electron chi connectivity index (χ2n) is 6.12. The third-order valence-corrected chi connectivity index (χ3v) is 4.34. The second-order valence-corrected chi connectivity index (χ2v) is 6.12. The SMILES string of the molecule is CNCC1CCCN1C(=O)CCCc1nc(C2CC2)no1.Cl. The van der Waals surface area contributed by atoms with E-state index in [1.165, 1.54) is 12.8 Å². The summed E-state index contributed by atoms with van der Waals surface area (Å²) in [7, 11) is 1.94. The molecule has 1 N–H and O–H groups in total. The number of nitrogens with zero attached hydrogens (tertiary/aromatic N) is 3. The molecule has 1 saturated carbocycles. The summed E-state index contributed by atoms with van der Waals surface area (Å²) in [6.07, 6.45) is 6.65. The fourth-order valence-electron chi connectivity index (χ4n) is 3.02. The standard InChI is InChI=1S/C15H24N4O2.ClH/c1-16-10-12-4-3-9-19(12)14(20)6-2-5-13-17-15(18-21-13)11-7-8-11;/h11-12,16H,2-10H2,1H3;1H. The van der Waals surface area contributed by atoms with Crippen molar-refractivity contribution in [3.05, 3.63) is 11.7 Å². The Hall–Kier alpha value is -1.14. The Balaban J connectivity index is 0.00000176. The molecule has 0 aromatic carbocycles. The average molecular weight is 329 g/mol. The summed E-state index contributed by atoms with van der Waals surface area (Å²) in [6.45, 7) is 1.79. The number of likely N-dealkylation sites (tertiary alicyclic amines) is 1. The number of likely N-dealkylation sites (N-methyl/N-ethyl adjacent to an activating group) is 1. The van der Waals surface area contributed by atoms with Crippen LogP contribution in [-0.2, 0) is 11.2 Å². The number of hydrogen-bond acceptors (Lipinski definition) is 5. The minimum absolute atomic E-state index is 0. The van der Waals surface area contributed by atoms with E-state index in [2.05, 4.69) is 15.5 Å². The van der Waals surface area contributed by atoms with Gasteiger partial charge in [0, 0.05) is 37.9 Å². The quantitative estimate of drug-likeness (QED) is 0.827. The topological polar surface area (TPSA) is 71.3 Å². The lowest BCUT2D eigenvalue weighted by molar-refractivity contribution is -0.132. The van der Waals surface area contributed by atoms with Crippen LogP contribution in [0.5, 0.6) is 0 Å². The lowest BCUT2D eigenvalue weighted by Gasteiger charge is -2.24. The molecule has 1 unspecified atom stereocenters. The molecule has 22 heavy (non-hydrogen) atoms.